The first kappa shape index (κ1) is 29.4. The number of nitrogens with one attached hydrogen (secondary N) is 2. The van der Waals surface area contributed by atoms with Crippen LogP contribution in [0.5, 0.6) is 0 Å². The van der Waals surface area contributed by atoms with Crippen LogP contribution in [0.25, 0.3) is 0 Å². The molecule has 1 saturated heterocycles. The number of nitrogens with zero attached hydrogens (tertiary/aromatic N) is 5. The lowest BCUT2D eigenvalue weighted by Gasteiger charge is -2.55. The van der Waals surface area contributed by atoms with E-state index in [4.69, 9.17) is 0 Å². The van der Waals surface area contributed by atoms with E-state index in [-0.39, 0.29) is 10.8 Å². The van der Waals surface area contributed by atoms with E-state index < -0.39 is 5.60 Å². The van der Waals surface area contributed by atoms with Gasteiger partial charge in [0, 0.05) is 56.6 Å². The first-order valence-electron chi connectivity index (χ1n) is 16.3. The summed E-state index contributed by atoms with van der Waals surface area (Å²) in [4.78, 5) is 18.6. The van der Waals surface area contributed by atoms with Gasteiger partial charge in [0.2, 0.25) is 17.8 Å². The van der Waals surface area contributed by atoms with Crippen LogP contribution >= 0.6 is 0 Å². The summed E-state index contributed by atoms with van der Waals surface area (Å²) >= 11 is 0. The van der Waals surface area contributed by atoms with Crippen LogP contribution in [0.3, 0.4) is 0 Å². The molecule has 0 aromatic carbocycles. The number of fused-ring (bicyclic) bond motifs is 5. The topological polar surface area (TPSA) is 89.4 Å². The van der Waals surface area contributed by atoms with E-state index in [2.05, 4.69) is 74.5 Å². The Hall–Kier alpha value is -2.71. The van der Waals surface area contributed by atoms with Crippen molar-refractivity contribution in [2.75, 3.05) is 61.3 Å². The van der Waals surface area contributed by atoms with Crippen LogP contribution in [0.2, 0.25) is 0 Å². The predicted octanol–water partition coefficient (Wildman–Crippen LogP) is 5.58. The minimum absolute atomic E-state index is 0.0240. The maximum absolute atomic E-state index is 12.3. The van der Waals surface area contributed by atoms with Gasteiger partial charge in [-0.1, -0.05) is 49.3 Å². The zero-order valence-electron chi connectivity index (χ0n) is 25.9. The van der Waals surface area contributed by atoms with E-state index in [0.717, 1.165) is 52.0 Å². The Morgan fingerprint density at radius 1 is 0.976 bits per heavy atom. The smallest absolute Gasteiger partial charge is 0.232 e. The normalized spacial score (nSPS) is 34.4. The first-order valence-corrected chi connectivity index (χ1v) is 16.3. The Kier molecular flexibility index (Phi) is 8.22. The molecule has 3 fully saturated rings. The second-order valence-electron chi connectivity index (χ2n) is 13.8. The van der Waals surface area contributed by atoms with Crippen molar-refractivity contribution in [2.45, 2.75) is 77.2 Å². The predicted molar refractivity (Wildman–Crippen MR) is 172 cm³/mol. The third-order valence-corrected chi connectivity index (χ3v) is 11.7. The molecule has 42 heavy (non-hydrogen) atoms. The van der Waals surface area contributed by atoms with Crippen LogP contribution in [0.4, 0.5) is 17.8 Å². The van der Waals surface area contributed by atoms with Gasteiger partial charge in [0.05, 0.1) is 5.60 Å². The SMILES string of the molecule is C=CCNc1nc(NCC=C)nc(N2CCN(CC[C@@]3(O)CC[C@H]4[C@@H]5CCC6=CCCC[C@]6(C)C5=CC[C@@]43C)CC2)n1. The van der Waals surface area contributed by atoms with Crippen molar-refractivity contribution in [3.63, 3.8) is 0 Å². The summed E-state index contributed by atoms with van der Waals surface area (Å²) in [6, 6.07) is 0. The molecule has 8 heteroatoms. The van der Waals surface area contributed by atoms with Crippen LogP contribution in [0, 0.1) is 22.7 Å². The minimum Gasteiger partial charge on any atom is -0.389 e. The highest BCUT2D eigenvalue weighted by Crippen LogP contribution is 2.66. The van der Waals surface area contributed by atoms with Gasteiger partial charge in [0.25, 0.3) is 0 Å². The van der Waals surface area contributed by atoms with Gasteiger partial charge in [-0.15, -0.1) is 13.2 Å². The quantitative estimate of drug-likeness (QED) is 0.313. The third kappa shape index (κ3) is 5.19. The lowest BCUT2D eigenvalue weighted by Crippen LogP contribution is -2.53. The van der Waals surface area contributed by atoms with E-state index in [1.807, 2.05) is 0 Å². The highest BCUT2D eigenvalue weighted by atomic mass is 16.3. The number of hydrogen-bond acceptors (Lipinski definition) is 8. The number of anilines is 3. The molecule has 6 rings (SSSR count). The van der Waals surface area contributed by atoms with Crippen LogP contribution in [0.15, 0.2) is 48.6 Å². The number of allylic oxidation sites excluding steroid dienone is 4. The average Bonchev–Trinajstić information content (AvgIpc) is 3.28. The molecule has 4 aliphatic carbocycles. The largest absolute Gasteiger partial charge is 0.389 e. The molecule has 0 unspecified atom stereocenters. The van der Waals surface area contributed by atoms with Crippen LogP contribution in [0.1, 0.15) is 71.6 Å². The van der Waals surface area contributed by atoms with E-state index >= 15 is 0 Å². The molecule has 3 N–H and O–H groups in total. The van der Waals surface area contributed by atoms with Crippen LogP contribution in [-0.2, 0) is 0 Å². The molecule has 8 nitrogen and oxygen atoms in total. The van der Waals surface area contributed by atoms with Gasteiger partial charge in [-0.25, -0.2) is 0 Å². The maximum atomic E-state index is 12.3. The van der Waals surface area contributed by atoms with Gasteiger partial charge in [-0.3, -0.25) is 4.90 Å². The maximum Gasteiger partial charge on any atom is 0.232 e. The first-order chi connectivity index (χ1) is 20.3. The molecule has 1 aromatic heterocycles. The summed E-state index contributed by atoms with van der Waals surface area (Å²) in [7, 11) is 0. The molecular formula is C34H51N7O. The molecule has 5 atom stereocenters. The molecular weight excluding hydrogens is 522 g/mol. The fourth-order valence-electron chi connectivity index (χ4n) is 9.06. The van der Waals surface area contributed by atoms with E-state index in [1.54, 1.807) is 23.3 Å². The van der Waals surface area contributed by atoms with Crippen molar-refractivity contribution in [2.24, 2.45) is 22.7 Å². The van der Waals surface area contributed by atoms with Crippen molar-refractivity contribution >= 4 is 17.8 Å². The van der Waals surface area contributed by atoms with E-state index in [0.29, 0.717) is 42.8 Å². The lowest BCUT2D eigenvalue weighted by molar-refractivity contribution is -0.0905. The Balaban J connectivity index is 1.08. The summed E-state index contributed by atoms with van der Waals surface area (Å²) in [5.74, 6) is 3.05. The van der Waals surface area contributed by atoms with Crippen molar-refractivity contribution in [1.82, 2.24) is 19.9 Å². The van der Waals surface area contributed by atoms with Gasteiger partial charge in [-0.05, 0) is 69.6 Å². The third-order valence-electron chi connectivity index (χ3n) is 11.7. The standard InChI is InChI=1S/C34H51N7O/c1-5-18-35-29-37-30(36-19-6-2)39-31(38-29)41-23-21-40(22-24-41)20-17-34(42)16-13-28-26-11-10-25-9-7-8-14-32(25,3)27(26)12-15-33(28,34)4/h5-6,9,12,26,28,42H,1-2,7-8,10-11,13-24H2,3-4H3,(H2,35,36,37,38,39)/t26-,28+,32+,33+,34+/m1/s1. The number of piperazine rings is 1. The molecule has 0 spiro atoms. The Bertz CT molecular complexity index is 1210. The molecule has 2 heterocycles. The number of aromatic nitrogens is 3. The second kappa shape index (κ2) is 11.8. The van der Waals surface area contributed by atoms with Crippen molar-refractivity contribution in [3.05, 3.63) is 48.6 Å². The minimum atomic E-state index is -0.591. The van der Waals surface area contributed by atoms with Crippen LogP contribution < -0.4 is 15.5 Å². The Morgan fingerprint density at radius 2 is 1.69 bits per heavy atom. The van der Waals surface area contributed by atoms with Gasteiger partial charge < -0.3 is 20.6 Å². The monoisotopic (exact) mass is 573 g/mol. The number of aliphatic hydroxyl groups is 1. The van der Waals surface area contributed by atoms with Gasteiger partial charge in [0.15, 0.2) is 0 Å². The highest BCUT2D eigenvalue weighted by molar-refractivity contribution is 5.45. The average molecular weight is 574 g/mol. The van der Waals surface area contributed by atoms with Crippen molar-refractivity contribution in [3.8, 4) is 0 Å². The summed E-state index contributed by atoms with van der Waals surface area (Å²) in [6.07, 6.45) is 19.2. The molecule has 0 bridgehead atoms. The summed E-state index contributed by atoms with van der Waals surface area (Å²) in [5.41, 5.74) is 3.10. The van der Waals surface area contributed by atoms with Crippen molar-refractivity contribution < 1.29 is 5.11 Å². The number of hydrogen-bond donors (Lipinski definition) is 3. The molecule has 1 aliphatic heterocycles. The van der Waals surface area contributed by atoms with E-state index in [1.165, 1.54) is 38.5 Å². The molecule has 0 radical (unpaired) electrons. The fourth-order valence-corrected chi connectivity index (χ4v) is 9.06. The van der Waals surface area contributed by atoms with Gasteiger partial charge in [-0.2, -0.15) is 15.0 Å². The number of rotatable bonds is 10. The summed E-state index contributed by atoms with van der Waals surface area (Å²) in [6.45, 7) is 18.2. The fraction of sp³-hybridized carbons (Fsp3) is 0.676. The molecule has 0 amide bonds. The highest BCUT2D eigenvalue weighted by Gasteiger charge is 2.61. The van der Waals surface area contributed by atoms with Crippen LogP contribution in [-0.4, -0.2) is 76.4 Å². The molecule has 2 saturated carbocycles. The summed E-state index contributed by atoms with van der Waals surface area (Å²) in [5, 5.41) is 18.7. The van der Waals surface area contributed by atoms with Crippen molar-refractivity contribution in [1.29, 1.82) is 0 Å². The second-order valence-corrected chi connectivity index (χ2v) is 13.8. The van der Waals surface area contributed by atoms with Gasteiger partial charge >= 0.3 is 0 Å². The van der Waals surface area contributed by atoms with E-state index in [9.17, 15) is 5.11 Å². The zero-order valence-corrected chi connectivity index (χ0v) is 25.9. The Morgan fingerprint density at radius 3 is 2.38 bits per heavy atom. The molecule has 5 aliphatic rings. The van der Waals surface area contributed by atoms with Gasteiger partial charge in [0.1, 0.15) is 0 Å². The Labute approximate surface area is 252 Å². The summed E-state index contributed by atoms with van der Waals surface area (Å²) < 4.78 is 0. The molecule has 228 valence electrons. The lowest BCUT2D eigenvalue weighted by atomic mass is 9.50. The molecule has 1 aromatic rings. The zero-order chi connectivity index (χ0) is 29.4.